The number of anilines is 2. The number of carboxylic acids is 1. The zero-order valence-corrected chi connectivity index (χ0v) is 10.3. The van der Waals surface area contributed by atoms with Crippen molar-refractivity contribution in [1.29, 1.82) is 0 Å². The normalized spacial score (nSPS) is 10.3. The number of hydrogen-bond donors (Lipinski definition) is 4. The van der Waals surface area contributed by atoms with Crippen molar-refractivity contribution in [3.8, 4) is 0 Å². The Morgan fingerprint density at radius 1 is 1.32 bits per heavy atom. The van der Waals surface area contributed by atoms with Gasteiger partial charge in [-0.1, -0.05) is 0 Å². The van der Waals surface area contributed by atoms with Crippen molar-refractivity contribution < 1.29 is 9.90 Å². The zero-order valence-electron chi connectivity index (χ0n) is 9.45. The molecular formula is C10H9N5O3S. The van der Waals surface area contributed by atoms with Crippen LogP contribution in [0.4, 0.5) is 11.6 Å². The summed E-state index contributed by atoms with van der Waals surface area (Å²) in [5, 5.41) is 9.24. The Kier molecular flexibility index (Phi) is 3.38. The molecule has 0 aliphatic carbocycles. The quantitative estimate of drug-likeness (QED) is 0.581. The number of aromatic carboxylic acids is 1. The van der Waals surface area contributed by atoms with Crippen molar-refractivity contribution in [2.75, 3.05) is 11.5 Å². The summed E-state index contributed by atoms with van der Waals surface area (Å²) in [7, 11) is 0. The summed E-state index contributed by atoms with van der Waals surface area (Å²) in [6.07, 6.45) is 1.30. The Balaban J connectivity index is 2.43. The van der Waals surface area contributed by atoms with Crippen LogP contribution in [0.3, 0.4) is 0 Å². The van der Waals surface area contributed by atoms with Crippen LogP contribution in [0.25, 0.3) is 0 Å². The number of rotatable bonds is 3. The van der Waals surface area contributed by atoms with Crippen LogP contribution < -0.4 is 17.0 Å². The fourth-order valence-corrected chi connectivity index (χ4v) is 2.19. The van der Waals surface area contributed by atoms with E-state index in [0.717, 1.165) is 17.8 Å². The van der Waals surface area contributed by atoms with E-state index in [9.17, 15) is 9.59 Å². The monoisotopic (exact) mass is 279 g/mol. The molecule has 0 aromatic carbocycles. The van der Waals surface area contributed by atoms with Gasteiger partial charge in [-0.3, -0.25) is 4.79 Å². The van der Waals surface area contributed by atoms with Crippen molar-refractivity contribution in [1.82, 2.24) is 15.0 Å². The van der Waals surface area contributed by atoms with Gasteiger partial charge < -0.3 is 21.6 Å². The SMILES string of the molecule is Nc1cc(C(=O)O)c(Sc2nc(N)cc(=O)[nH]2)cn1. The van der Waals surface area contributed by atoms with Crippen LogP contribution in [0.1, 0.15) is 10.4 Å². The molecular weight excluding hydrogens is 270 g/mol. The number of aromatic nitrogens is 3. The number of aromatic amines is 1. The maximum Gasteiger partial charge on any atom is 0.337 e. The van der Waals surface area contributed by atoms with Gasteiger partial charge in [0, 0.05) is 17.2 Å². The van der Waals surface area contributed by atoms with Crippen molar-refractivity contribution in [3.63, 3.8) is 0 Å². The molecule has 0 bridgehead atoms. The first-order chi connectivity index (χ1) is 8.95. The third kappa shape index (κ3) is 3.01. The molecule has 0 aliphatic heterocycles. The lowest BCUT2D eigenvalue weighted by Crippen LogP contribution is -2.10. The van der Waals surface area contributed by atoms with Gasteiger partial charge in [0.15, 0.2) is 5.16 Å². The first kappa shape index (κ1) is 12.9. The highest BCUT2D eigenvalue weighted by Crippen LogP contribution is 2.28. The van der Waals surface area contributed by atoms with Gasteiger partial charge in [-0.15, -0.1) is 0 Å². The van der Waals surface area contributed by atoms with Gasteiger partial charge in [0.05, 0.1) is 5.56 Å². The van der Waals surface area contributed by atoms with Gasteiger partial charge in [0.1, 0.15) is 11.6 Å². The van der Waals surface area contributed by atoms with Gasteiger partial charge in [-0.25, -0.2) is 14.8 Å². The second-order valence-electron chi connectivity index (χ2n) is 3.49. The zero-order chi connectivity index (χ0) is 14.0. The molecule has 0 spiro atoms. The summed E-state index contributed by atoms with van der Waals surface area (Å²) >= 11 is 0.934. The highest BCUT2D eigenvalue weighted by atomic mass is 32.2. The molecule has 0 fully saturated rings. The average Bonchev–Trinajstić information content (AvgIpc) is 2.30. The van der Waals surface area contributed by atoms with Crippen molar-refractivity contribution in [3.05, 3.63) is 34.2 Å². The summed E-state index contributed by atoms with van der Waals surface area (Å²) < 4.78 is 0. The Bertz CT molecular complexity index is 700. The van der Waals surface area contributed by atoms with Gasteiger partial charge in [0.2, 0.25) is 0 Å². The van der Waals surface area contributed by atoms with E-state index in [1.807, 2.05) is 0 Å². The van der Waals surface area contributed by atoms with Gasteiger partial charge in [-0.2, -0.15) is 0 Å². The molecule has 6 N–H and O–H groups in total. The molecule has 8 nitrogen and oxygen atoms in total. The fraction of sp³-hybridized carbons (Fsp3) is 0. The summed E-state index contributed by atoms with van der Waals surface area (Å²) in [6.45, 7) is 0. The molecule has 0 amide bonds. The van der Waals surface area contributed by atoms with Crippen molar-refractivity contribution in [2.45, 2.75) is 10.1 Å². The van der Waals surface area contributed by atoms with E-state index in [0.29, 0.717) is 4.90 Å². The predicted molar refractivity (Wildman–Crippen MR) is 69.0 cm³/mol. The van der Waals surface area contributed by atoms with E-state index in [2.05, 4.69) is 15.0 Å². The Labute approximate surface area is 110 Å². The number of carboxylic acid groups (broad SMARTS) is 1. The van der Waals surface area contributed by atoms with E-state index < -0.39 is 11.5 Å². The minimum atomic E-state index is -1.15. The van der Waals surface area contributed by atoms with E-state index in [1.165, 1.54) is 12.3 Å². The van der Waals surface area contributed by atoms with Crippen molar-refractivity contribution in [2.24, 2.45) is 0 Å². The van der Waals surface area contributed by atoms with Crippen LogP contribution in [0, 0.1) is 0 Å². The van der Waals surface area contributed by atoms with E-state index in [4.69, 9.17) is 16.6 Å². The summed E-state index contributed by atoms with van der Waals surface area (Å²) in [5.74, 6) is -1.01. The largest absolute Gasteiger partial charge is 0.478 e. The second-order valence-corrected chi connectivity index (χ2v) is 4.52. The maximum atomic E-state index is 11.2. The van der Waals surface area contributed by atoms with Crippen LogP contribution in [-0.4, -0.2) is 26.0 Å². The smallest absolute Gasteiger partial charge is 0.337 e. The van der Waals surface area contributed by atoms with E-state index in [-0.39, 0.29) is 22.4 Å². The minimum absolute atomic E-state index is 0.0254. The second kappa shape index (κ2) is 4.98. The topological polar surface area (TPSA) is 148 Å². The Hall–Kier alpha value is -2.55. The Morgan fingerprint density at radius 3 is 2.68 bits per heavy atom. The summed E-state index contributed by atoms with van der Waals surface area (Å²) in [5.41, 5.74) is 10.4. The molecule has 98 valence electrons. The van der Waals surface area contributed by atoms with Crippen LogP contribution >= 0.6 is 11.8 Å². The lowest BCUT2D eigenvalue weighted by molar-refractivity contribution is 0.0693. The lowest BCUT2D eigenvalue weighted by atomic mass is 10.2. The van der Waals surface area contributed by atoms with Crippen molar-refractivity contribution >= 4 is 29.4 Å². The van der Waals surface area contributed by atoms with Gasteiger partial charge in [-0.05, 0) is 17.8 Å². The number of hydrogen-bond acceptors (Lipinski definition) is 7. The summed E-state index contributed by atoms with van der Waals surface area (Å²) in [6, 6.07) is 2.36. The number of H-pyrrole nitrogens is 1. The first-order valence-corrected chi connectivity index (χ1v) is 5.81. The standard InChI is InChI=1S/C10H9N5O3S/c11-6-1-4(9(17)18)5(3-13-6)19-10-14-7(12)2-8(16)15-10/h1-3H,(H2,11,13)(H,17,18)(H3,12,14,15,16). The molecule has 0 radical (unpaired) electrons. The molecule has 2 aromatic rings. The maximum absolute atomic E-state index is 11.2. The molecule has 2 heterocycles. The number of nitrogens with one attached hydrogen (secondary N) is 1. The molecule has 0 saturated heterocycles. The lowest BCUT2D eigenvalue weighted by Gasteiger charge is -2.05. The molecule has 0 unspecified atom stereocenters. The average molecular weight is 279 g/mol. The molecule has 0 aliphatic rings. The van der Waals surface area contributed by atoms with Crippen LogP contribution in [0.15, 0.2) is 33.2 Å². The molecule has 0 atom stereocenters. The third-order valence-electron chi connectivity index (χ3n) is 2.07. The predicted octanol–water partition coefficient (Wildman–Crippen LogP) is 0.179. The minimum Gasteiger partial charge on any atom is -0.478 e. The number of nitrogen functional groups attached to an aromatic ring is 2. The fourth-order valence-electron chi connectivity index (χ4n) is 1.31. The van der Waals surface area contributed by atoms with E-state index >= 15 is 0 Å². The molecule has 0 saturated carbocycles. The van der Waals surface area contributed by atoms with Crippen LogP contribution in [0.5, 0.6) is 0 Å². The Morgan fingerprint density at radius 2 is 2.05 bits per heavy atom. The molecule has 2 aromatic heterocycles. The van der Waals surface area contributed by atoms with Gasteiger partial charge >= 0.3 is 5.97 Å². The number of carbonyl (C=O) groups is 1. The number of pyridine rings is 1. The molecule has 9 heteroatoms. The number of nitrogens with two attached hydrogens (primary N) is 2. The van der Waals surface area contributed by atoms with Crippen LogP contribution in [-0.2, 0) is 0 Å². The highest BCUT2D eigenvalue weighted by Gasteiger charge is 2.13. The van der Waals surface area contributed by atoms with Gasteiger partial charge in [0.25, 0.3) is 5.56 Å². The highest BCUT2D eigenvalue weighted by molar-refractivity contribution is 7.99. The van der Waals surface area contributed by atoms with Crippen LogP contribution in [0.2, 0.25) is 0 Å². The van der Waals surface area contributed by atoms with E-state index in [1.54, 1.807) is 0 Å². The summed E-state index contributed by atoms with van der Waals surface area (Å²) in [4.78, 5) is 32.8. The molecule has 2 rings (SSSR count). The number of nitrogens with zero attached hydrogens (tertiary/aromatic N) is 2. The molecule has 19 heavy (non-hydrogen) atoms. The third-order valence-corrected chi connectivity index (χ3v) is 3.00. The first-order valence-electron chi connectivity index (χ1n) is 4.99.